The van der Waals surface area contributed by atoms with Crippen molar-refractivity contribution < 1.29 is 14.1 Å². The van der Waals surface area contributed by atoms with E-state index in [-0.39, 0.29) is 16.3 Å². The summed E-state index contributed by atoms with van der Waals surface area (Å²) in [5.74, 6) is -0.379. The molecule has 0 spiro atoms. The van der Waals surface area contributed by atoms with Gasteiger partial charge in [-0.3, -0.25) is 14.9 Å². The normalized spacial score (nSPS) is 10.9. The second-order valence-corrected chi connectivity index (χ2v) is 7.40. The number of aromatic nitrogens is 1. The minimum absolute atomic E-state index is 0.152. The first-order valence-electron chi connectivity index (χ1n) is 8.74. The molecule has 0 aliphatic carbocycles. The van der Waals surface area contributed by atoms with Gasteiger partial charge in [0.2, 0.25) is 5.89 Å². The third kappa shape index (κ3) is 3.85. The van der Waals surface area contributed by atoms with Gasteiger partial charge in [0.1, 0.15) is 11.1 Å². The van der Waals surface area contributed by atoms with Crippen molar-refractivity contribution in [2.75, 3.05) is 5.32 Å². The highest BCUT2D eigenvalue weighted by Crippen LogP contribution is 2.33. The summed E-state index contributed by atoms with van der Waals surface area (Å²) in [7, 11) is 0. The molecule has 1 aromatic heterocycles. The van der Waals surface area contributed by atoms with Crippen molar-refractivity contribution in [2.45, 2.75) is 6.92 Å². The van der Waals surface area contributed by atoms with E-state index in [1.54, 1.807) is 18.2 Å². The van der Waals surface area contributed by atoms with Gasteiger partial charge in [0, 0.05) is 16.8 Å². The lowest BCUT2D eigenvalue weighted by molar-refractivity contribution is -0.385. The summed E-state index contributed by atoms with van der Waals surface area (Å²) in [6.07, 6.45) is 0. The molecule has 0 fully saturated rings. The van der Waals surface area contributed by atoms with E-state index in [4.69, 9.17) is 27.6 Å². The zero-order chi connectivity index (χ0) is 21.4. The second-order valence-electron chi connectivity index (χ2n) is 6.56. The van der Waals surface area contributed by atoms with Crippen molar-refractivity contribution >= 4 is 51.6 Å². The number of nitrogens with zero attached hydrogens (tertiary/aromatic N) is 2. The van der Waals surface area contributed by atoms with Crippen LogP contribution in [-0.4, -0.2) is 15.8 Å². The van der Waals surface area contributed by atoms with Gasteiger partial charge in [-0.2, -0.15) is 0 Å². The third-order valence-corrected chi connectivity index (χ3v) is 4.96. The van der Waals surface area contributed by atoms with E-state index in [2.05, 4.69) is 10.3 Å². The number of hydrogen-bond donors (Lipinski definition) is 1. The molecule has 1 N–H and O–H groups in total. The highest BCUT2D eigenvalue weighted by molar-refractivity contribution is 6.33. The average molecular weight is 442 g/mol. The number of nitro groups is 1. The Balaban J connectivity index is 1.69. The lowest BCUT2D eigenvalue weighted by atomic mass is 10.1. The summed E-state index contributed by atoms with van der Waals surface area (Å²) in [6, 6.07) is 14.2. The van der Waals surface area contributed by atoms with Crippen LogP contribution in [0.5, 0.6) is 0 Å². The standard InChI is InChI=1S/C21H13Cl2N3O4/c1-11-2-6-17-19(8-11)30-21(25-17)14-10-13(4-5-16(14)23)24-20(27)15-9-12(22)3-7-18(15)26(28)29/h2-10H,1H3,(H,24,27). The molecule has 0 saturated heterocycles. The molecule has 9 heteroatoms. The summed E-state index contributed by atoms with van der Waals surface area (Å²) >= 11 is 12.2. The molecule has 0 aliphatic heterocycles. The van der Waals surface area contributed by atoms with Crippen LogP contribution in [0.2, 0.25) is 10.0 Å². The van der Waals surface area contributed by atoms with Crippen molar-refractivity contribution in [1.29, 1.82) is 0 Å². The third-order valence-electron chi connectivity index (χ3n) is 4.40. The molecule has 0 radical (unpaired) electrons. The van der Waals surface area contributed by atoms with Gasteiger partial charge < -0.3 is 9.73 Å². The Morgan fingerprint density at radius 3 is 2.67 bits per heavy atom. The Morgan fingerprint density at radius 2 is 1.90 bits per heavy atom. The van der Waals surface area contributed by atoms with Crippen molar-refractivity contribution in [3.63, 3.8) is 0 Å². The van der Waals surface area contributed by atoms with Crippen LogP contribution in [-0.2, 0) is 0 Å². The zero-order valence-corrected chi connectivity index (χ0v) is 17.0. The summed E-state index contributed by atoms with van der Waals surface area (Å²) in [5, 5.41) is 14.5. The predicted octanol–water partition coefficient (Wildman–Crippen LogP) is 6.27. The number of nitro benzene ring substituents is 1. The maximum atomic E-state index is 12.7. The number of amides is 1. The zero-order valence-electron chi connectivity index (χ0n) is 15.5. The first kappa shape index (κ1) is 19.9. The number of halogens is 2. The van der Waals surface area contributed by atoms with Crippen LogP contribution in [0, 0.1) is 17.0 Å². The van der Waals surface area contributed by atoms with E-state index in [1.165, 1.54) is 18.2 Å². The monoisotopic (exact) mass is 441 g/mol. The first-order chi connectivity index (χ1) is 14.3. The molecule has 7 nitrogen and oxygen atoms in total. The topological polar surface area (TPSA) is 98.3 Å². The van der Waals surface area contributed by atoms with Crippen molar-refractivity contribution in [2.24, 2.45) is 0 Å². The van der Waals surface area contributed by atoms with Crippen molar-refractivity contribution in [1.82, 2.24) is 4.98 Å². The highest BCUT2D eigenvalue weighted by atomic mass is 35.5. The molecule has 0 unspecified atom stereocenters. The molecule has 0 aliphatic rings. The van der Waals surface area contributed by atoms with E-state index in [9.17, 15) is 14.9 Å². The predicted molar refractivity (Wildman–Crippen MR) is 115 cm³/mol. The van der Waals surface area contributed by atoms with Gasteiger partial charge in [-0.05, 0) is 55.0 Å². The first-order valence-corrected chi connectivity index (χ1v) is 9.50. The van der Waals surface area contributed by atoms with E-state index in [0.29, 0.717) is 33.3 Å². The smallest absolute Gasteiger partial charge is 0.282 e. The molecule has 1 amide bonds. The van der Waals surface area contributed by atoms with E-state index in [1.807, 2.05) is 25.1 Å². The van der Waals surface area contributed by atoms with Crippen LogP contribution in [0.15, 0.2) is 59.0 Å². The van der Waals surface area contributed by atoms with Crippen LogP contribution < -0.4 is 5.32 Å². The quantitative estimate of drug-likeness (QED) is 0.297. The van der Waals surface area contributed by atoms with Gasteiger partial charge >= 0.3 is 0 Å². The molecule has 4 rings (SSSR count). The summed E-state index contributed by atoms with van der Waals surface area (Å²) in [5.41, 5.74) is 2.67. The van der Waals surface area contributed by atoms with Crippen LogP contribution in [0.25, 0.3) is 22.6 Å². The number of fused-ring (bicyclic) bond motifs is 1. The number of hydrogen-bond acceptors (Lipinski definition) is 5. The minimum Gasteiger partial charge on any atom is -0.436 e. The molecule has 0 bridgehead atoms. The molecule has 3 aromatic carbocycles. The number of carbonyl (C=O) groups excluding carboxylic acids is 1. The van der Waals surface area contributed by atoms with Crippen LogP contribution in [0.4, 0.5) is 11.4 Å². The SMILES string of the molecule is Cc1ccc2nc(-c3cc(NC(=O)c4cc(Cl)ccc4[N+](=O)[O-])ccc3Cl)oc2c1. The Labute approximate surface area is 180 Å². The lowest BCUT2D eigenvalue weighted by Crippen LogP contribution is -2.14. The van der Waals surface area contributed by atoms with E-state index >= 15 is 0 Å². The molecular formula is C21H13Cl2N3O4. The lowest BCUT2D eigenvalue weighted by Gasteiger charge is -2.08. The number of oxazole rings is 1. The molecule has 1 heterocycles. The van der Waals surface area contributed by atoms with Gasteiger partial charge in [-0.1, -0.05) is 29.3 Å². The largest absolute Gasteiger partial charge is 0.436 e. The summed E-state index contributed by atoms with van der Waals surface area (Å²) in [6.45, 7) is 1.94. The number of aryl methyl sites for hydroxylation is 1. The van der Waals surface area contributed by atoms with E-state index in [0.717, 1.165) is 5.56 Å². The Hall–Kier alpha value is -3.42. The number of rotatable bonds is 4. The second kappa shape index (κ2) is 7.78. The molecular weight excluding hydrogens is 429 g/mol. The number of carbonyl (C=O) groups is 1. The van der Waals surface area contributed by atoms with Gasteiger partial charge in [0.05, 0.1) is 15.5 Å². The molecule has 0 saturated carbocycles. The average Bonchev–Trinajstić information content (AvgIpc) is 3.12. The van der Waals surface area contributed by atoms with Gasteiger partial charge in [0.25, 0.3) is 11.6 Å². The molecule has 0 atom stereocenters. The molecule has 150 valence electrons. The summed E-state index contributed by atoms with van der Waals surface area (Å²) < 4.78 is 5.81. The van der Waals surface area contributed by atoms with Gasteiger partial charge in [-0.25, -0.2) is 4.98 Å². The van der Waals surface area contributed by atoms with E-state index < -0.39 is 10.8 Å². The Bertz CT molecular complexity index is 1320. The van der Waals surface area contributed by atoms with Crippen molar-refractivity contribution in [3.05, 3.63) is 85.9 Å². The molecule has 4 aromatic rings. The summed E-state index contributed by atoms with van der Waals surface area (Å²) in [4.78, 5) is 27.7. The van der Waals surface area contributed by atoms with Gasteiger partial charge in [0.15, 0.2) is 5.58 Å². The number of nitrogens with one attached hydrogen (secondary N) is 1. The minimum atomic E-state index is -0.675. The highest BCUT2D eigenvalue weighted by Gasteiger charge is 2.21. The van der Waals surface area contributed by atoms with Gasteiger partial charge in [-0.15, -0.1) is 0 Å². The van der Waals surface area contributed by atoms with Crippen molar-refractivity contribution in [3.8, 4) is 11.5 Å². The fraction of sp³-hybridized carbons (Fsp3) is 0.0476. The van der Waals surface area contributed by atoms with Crippen LogP contribution >= 0.6 is 23.2 Å². The van der Waals surface area contributed by atoms with Crippen LogP contribution in [0.1, 0.15) is 15.9 Å². The maximum absolute atomic E-state index is 12.7. The molecule has 30 heavy (non-hydrogen) atoms. The fourth-order valence-corrected chi connectivity index (χ4v) is 3.33. The van der Waals surface area contributed by atoms with Crippen LogP contribution in [0.3, 0.4) is 0 Å². The number of benzene rings is 3. The Kier molecular flexibility index (Phi) is 5.15. The number of anilines is 1. The maximum Gasteiger partial charge on any atom is 0.282 e. The fourth-order valence-electron chi connectivity index (χ4n) is 2.96. The Morgan fingerprint density at radius 1 is 1.10 bits per heavy atom.